The van der Waals surface area contributed by atoms with Gasteiger partial charge in [0.2, 0.25) is 0 Å². The smallest absolute Gasteiger partial charge is 0.168 e. The maximum absolute atomic E-state index is 9.09. The summed E-state index contributed by atoms with van der Waals surface area (Å²) in [7, 11) is 0. The van der Waals surface area contributed by atoms with Gasteiger partial charge < -0.3 is 14.8 Å². The Kier molecular flexibility index (Phi) is 3.41. The Balaban J connectivity index is 1.62. The highest BCUT2D eigenvalue weighted by Crippen LogP contribution is 2.36. The van der Waals surface area contributed by atoms with Crippen LogP contribution in [-0.4, -0.2) is 25.0 Å². The minimum atomic E-state index is -0.313. The zero-order chi connectivity index (χ0) is 13.1. The van der Waals surface area contributed by atoms with E-state index >= 15 is 0 Å². The minimum Gasteiger partial charge on any atom is -0.381 e. The summed E-state index contributed by atoms with van der Waals surface area (Å²) in [6, 6.07) is 10.3. The van der Waals surface area contributed by atoms with Crippen LogP contribution in [0.15, 0.2) is 24.3 Å². The molecule has 2 aliphatic rings. The third-order valence-corrected chi connectivity index (χ3v) is 3.97. The van der Waals surface area contributed by atoms with E-state index in [0.717, 1.165) is 44.6 Å². The van der Waals surface area contributed by atoms with Crippen molar-refractivity contribution < 1.29 is 9.47 Å². The summed E-state index contributed by atoms with van der Waals surface area (Å²) < 4.78 is 11.4. The van der Waals surface area contributed by atoms with Crippen LogP contribution in [0.25, 0.3) is 0 Å². The van der Waals surface area contributed by atoms with Crippen LogP contribution in [0.3, 0.4) is 0 Å². The van der Waals surface area contributed by atoms with Crippen LogP contribution in [0.5, 0.6) is 0 Å². The fraction of sp³-hybridized carbons (Fsp3) is 0.533. The van der Waals surface area contributed by atoms with E-state index in [2.05, 4.69) is 11.4 Å². The number of nitrogens with zero attached hydrogens (tertiary/aromatic N) is 1. The van der Waals surface area contributed by atoms with Gasteiger partial charge in [-0.05, 0) is 25.0 Å². The van der Waals surface area contributed by atoms with Crippen molar-refractivity contribution in [2.45, 2.75) is 37.5 Å². The van der Waals surface area contributed by atoms with E-state index in [-0.39, 0.29) is 5.79 Å². The number of hydrogen-bond donors (Lipinski definition) is 1. The van der Waals surface area contributed by atoms with Gasteiger partial charge in [-0.25, -0.2) is 0 Å². The number of rotatable bonds is 2. The zero-order valence-corrected chi connectivity index (χ0v) is 10.9. The second kappa shape index (κ2) is 5.20. The van der Waals surface area contributed by atoms with Crippen molar-refractivity contribution in [3.8, 4) is 6.07 Å². The van der Waals surface area contributed by atoms with Gasteiger partial charge >= 0.3 is 0 Å². The molecule has 0 atom stereocenters. The van der Waals surface area contributed by atoms with Crippen molar-refractivity contribution in [2.24, 2.45) is 0 Å². The lowest BCUT2D eigenvalue weighted by atomic mass is 9.89. The average Bonchev–Trinajstić information content (AvgIpc) is 2.91. The molecular weight excluding hydrogens is 240 g/mol. The molecule has 19 heavy (non-hydrogen) atoms. The van der Waals surface area contributed by atoms with Crippen molar-refractivity contribution in [1.82, 2.24) is 0 Å². The summed E-state index contributed by atoms with van der Waals surface area (Å²) in [6.45, 7) is 1.44. The Hall–Kier alpha value is -1.57. The van der Waals surface area contributed by atoms with Crippen molar-refractivity contribution in [2.75, 3.05) is 18.5 Å². The number of para-hydroxylation sites is 1. The van der Waals surface area contributed by atoms with Gasteiger partial charge in [0.15, 0.2) is 5.79 Å². The van der Waals surface area contributed by atoms with E-state index in [1.165, 1.54) is 0 Å². The molecule has 1 N–H and O–H groups in total. The molecule has 1 heterocycles. The van der Waals surface area contributed by atoms with Crippen LogP contribution in [0, 0.1) is 11.3 Å². The topological polar surface area (TPSA) is 54.3 Å². The number of benzene rings is 1. The Labute approximate surface area is 113 Å². The molecule has 1 spiro atoms. The highest BCUT2D eigenvalue weighted by Gasteiger charge is 2.40. The van der Waals surface area contributed by atoms with Gasteiger partial charge in [0.25, 0.3) is 0 Å². The summed E-state index contributed by atoms with van der Waals surface area (Å²) in [6.07, 6.45) is 3.89. The molecule has 4 nitrogen and oxygen atoms in total. The molecule has 1 aromatic carbocycles. The molecule has 1 aliphatic heterocycles. The molecular formula is C15H18N2O2. The van der Waals surface area contributed by atoms with Crippen molar-refractivity contribution in [3.05, 3.63) is 29.8 Å². The van der Waals surface area contributed by atoms with Crippen LogP contribution < -0.4 is 5.32 Å². The molecule has 1 saturated heterocycles. The van der Waals surface area contributed by atoms with E-state index in [0.29, 0.717) is 11.6 Å². The SMILES string of the molecule is N#Cc1ccccc1NC1CCC2(CC1)OCCO2. The third kappa shape index (κ3) is 2.58. The third-order valence-electron chi connectivity index (χ3n) is 3.97. The average molecular weight is 258 g/mol. The highest BCUT2D eigenvalue weighted by molar-refractivity contribution is 5.57. The minimum absolute atomic E-state index is 0.313. The summed E-state index contributed by atoms with van der Waals surface area (Å²) in [5.41, 5.74) is 1.63. The predicted molar refractivity (Wildman–Crippen MR) is 71.7 cm³/mol. The Morgan fingerprint density at radius 3 is 2.53 bits per heavy atom. The lowest BCUT2D eigenvalue weighted by Crippen LogP contribution is -2.39. The van der Waals surface area contributed by atoms with Gasteiger partial charge in [-0.2, -0.15) is 5.26 Å². The van der Waals surface area contributed by atoms with E-state index in [4.69, 9.17) is 14.7 Å². The van der Waals surface area contributed by atoms with Gasteiger partial charge in [-0.1, -0.05) is 12.1 Å². The normalized spacial score (nSPS) is 22.3. The standard InChI is InChI=1S/C15H18N2O2/c16-11-12-3-1-2-4-14(12)17-13-5-7-15(8-6-13)18-9-10-19-15/h1-4,13,17H,5-10H2. The molecule has 0 aromatic heterocycles. The number of hydrogen-bond acceptors (Lipinski definition) is 4. The monoisotopic (exact) mass is 258 g/mol. The number of ether oxygens (including phenoxy) is 2. The van der Waals surface area contributed by atoms with E-state index < -0.39 is 0 Å². The molecule has 3 rings (SSSR count). The highest BCUT2D eigenvalue weighted by atomic mass is 16.7. The second-order valence-corrected chi connectivity index (χ2v) is 5.18. The Morgan fingerprint density at radius 1 is 1.16 bits per heavy atom. The van der Waals surface area contributed by atoms with Crippen LogP contribution in [-0.2, 0) is 9.47 Å². The van der Waals surface area contributed by atoms with Crippen molar-refractivity contribution >= 4 is 5.69 Å². The maximum Gasteiger partial charge on any atom is 0.168 e. The van der Waals surface area contributed by atoms with Crippen molar-refractivity contribution in [3.63, 3.8) is 0 Å². The second-order valence-electron chi connectivity index (χ2n) is 5.18. The van der Waals surface area contributed by atoms with E-state index in [1.54, 1.807) is 0 Å². The first-order valence-electron chi connectivity index (χ1n) is 6.85. The summed E-state index contributed by atoms with van der Waals surface area (Å²) in [5.74, 6) is -0.313. The predicted octanol–water partition coefficient (Wildman–Crippen LogP) is 2.66. The molecule has 0 radical (unpaired) electrons. The number of nitriles is 1. The fourth-order valence-corrected chi connectivity index (χ4v) is 2.91. The van der Waals surface area contributed by atoms with E-state index in [9.17, 15) is 0 Å². The molecule has 1 saturated carbocycles. The molecule has 0 bridgehead atoms. The first-order chi connectivity index (χ1) is 9.31. The fourth-order valence-electron chi connectivity index (χ4n) is 2.91. The zero-order valence-electron chi connectivity index (χ0n) is 10.9. The molecule has 0 amide bonds. The molecule has 4 heteroatoms. The maximum atomic E-state index is 9.09. The van der Waals surface area contributed by atoms with Crippen LogP contribution in [0.2, 0.25) is 0 Å². The van der Waals surface area contributed by atoms with Crippen LogP contribution >= 0.6 is 0 Å². The van der Waals surface area contributed by atoms with E-state index in [1.807, 2.05) is 24.3 Å². The van der Waals surface area contributed by atoms with Gasteiger partial charge in [0.1, 0.15) is 6.07 Å². The molecule has 0 unspecified atom stereocenters. The number of anilines is 1. The summed E-state index contributed by atoms with van der Waals surface area (Å²) in [4.78, 5) is 0. The van der Waals surface area contributed by atoms with Crippen molar-refractivity contribution in [1.29, 1.82) is 5.26 Å². The van der Waals surface area contributed by atoms with Gasteiger partial charge in [-0.3, -0.25) is 0 Å². The summed E-state index contributed by atoms with van der Waals surface area (Å²) in [5, 5.41) is 12.6. The summed E-state index contributed by atoms with van der Waals surface area (Å²) >= 11 is 0. The largest absolute Gasteiger partial charge is 0.381 e. The Morgan fingerprint density at radius 2 is 1.84 bits per heavy atom. The lowest BCUT2D eigenvalue weighted by molar-refractivity contribution is -0.177. The molecule has 100 valence electrons. The molecule has 1 aromatic rings. The first-order valence-corrected chi connectivity index (χ1v) is 6.85. The van der Waals surface area contributed by atoms with Gasteiger partial charge in [0, 0.05) is 18.9 Å². The number of nitrogens with one attached hydrogen (secondary N) is 1. The molecule has 1 aliphatic carbocycles. The van der Waals surface area contributed by atoms with Crippen LogP contribution in [0.1, 0.15) is 31.2 Å². The first kappa shape index (κ1) is 12.5. The molecule has 2 fully saturated rings. The lowest BCUT2D eigenvalue weighted by Gasteiger charge is -2.36. The van der Waals surface area contributed by atoms with Crippen LogP contribution in [0.4, 0.5) is 5.69 Å². The quantitative estimate of drug-likeness (QED) is 0.886. The Bertz CT molecular complexity index is 479. The van der Waals surface area contributed by atoms with Gasteiger partial charge in [-0.15, -0.1) is 0 Å². The van der Waals surface area contributed by atoms with Gasteiger partial charge in [0.05, 0.1) is 24.5 Å².